The summed E-state index contributed by atoms with van der Waals surface area (Å²) in [4.78, 5) is 15.1. The van der Waals surface area contributed by atoms with E-state index < -0.39 is 0 Å². The maximum atomic E-state index is 13.0. The zero-order valence-electron chi connectivity index (χ0n) is 21.1. The summed E-state index contributed by atoms with van der Waals surface area (Å²) in [7, 11) is 0. The molecule has 178 valence electrons. The van der Waals surface area contributed by atoms with Crippen LogP contribution in [0.1, 0.15) is 139 Å². The van der Waals surface area contributed by atoms with Gasteiger partial charge in [0, 0.05) is 18.7 Å². The Morgan fingerprint density at radius 2 is 1.03 bits per heavy atom. The van der Waals surface area contributed by atoms with Gasteiger partial charge < -0.3 is 4.90 Å². The Morgan fingerprint density at radius 1 is 0.581 bits per heavy atom. The lowest BCUT2D eigenvalue weighted by Crippen LogP contribution is -2.33. The van der Waals surface area contributed by atoms with Crippen molar-refractivity contribution in [2.75, 3.05) is 13.1 Å². The van der Waals surface area contributed by atoms with E-state index in [1.807, 2.05) is 12.1 Å². The minimum absolute atomic E-state index is 0.221. The molecule has 0 spiro atoms. The van der Waals surface area contributed by atoms with Gasteiger partial charge in [0.2, 0.25) is 0 Å². The molecule has 0 aliphatic carbocycles. The van der Waals surface area contributed by atoms with Crippen LogP contribution in [0.25, 0.3) is 0 Å². The lowest BCUT2D eigenvalue weighted by molar-refractivity contribution is 0.0750. The average molecular weight is 430 g/mol. The molecule has 0 saturated carbocycles. The number of hydrogen-bond donors (Lipinski definition) is 0. The van der Waals surface area contributed by atoms with E-state index in [0.29, 0.717) is 0 Å². The van der Waals surface area contributed by atoms with Crippen LogP contribution in [0.4, 0.5) is 0 Å². The van der Waals surface area contributed by atoms with Crippen LogP contribution in [0, 0.1) is 0 Å². The third-order valence-corrected chi connectivity index (χ3v) is 6.37. The highest BCUT2D eigenvalue weighted by molar-refractivity contribution is 5.94. The van der Waals surface area contributed by atoms with E-state index in [0.717, 1.165) is 44.3 Å². The van der Waals surface area contributed by atoms with Gasteiger partial charge in [-0.15, -0.1) is 0 Å². The van der Waals surface area contributed by atoms with Crippen LogP contribution >= 0.6 is 0 Å². The third-order valence-electron chi connectivity index (χ3n) is 6.37. The second-order valence-electron chi connectivity index (χ2n) is 9.34. The molecular weight excluding hydrogens is 378 g/mol. The number of aryl methyl sites for hydroxylation is 1. The minimum atomic E-state index is 0.221. The third kappa shape index (κ3) is 13.7. The van der Waals surface area contributed by atoms with E-state index in [1.165, 1.54) is 89.0 Å². The van der Waals surface area contributed by atoms with E-state index in [1.54, 1.807) is 0 Å². The van der Waals surface area contributed by atoms with E-state index in [-0.39, 0.29) is 5.91 Å². The minimum Gasteiger partial charge on any atom is -0.339 e. The van der Waals surface area contributed by atoms with Gasteiger partial charge in [0.1, 0.15) is 0 Å². The van der Waals surface area contributed by atoms with Gasteiger partial charge in [-0.2, -0.15) is 0 Å². The Morgan fingerprint density at radius 3 is 1.55 bits per heavy atom. The molecule has 0 aliphatic heterocycles. The molecule has 0 radical (unpaired) electrons. The molecule has 2 heteroatoms. The van der Waals surface area contributed by atoms with Crippen molar-refractivity contribution in [2.45, 2.75) is 130 Å². The first-order valence-corrected chi connectivity index (χ1v) is 13.6. The van der Waals surface area contributed by atoms with Crippen molar-refractivity contribution >= 4 is 5.91 Å². The van der Waals surface area contributed by atoms with Crippen molar-refractivity contribution < 1.29 is 4.79 Å². The van der Waals surface area contributed by atoms with Crippen LogP contribution in [-0.4, -0.2) is 23.9 Å². The summed E-state index contributed by atoms with van der Waals surface area (Å²) >= 11 is 0. The summed E-state index contributed by atoms with van der Waals surface area (Å²) in [5, 5.41) is 0. The smallest absolute Gasteiger partial charge is 0.253 e. The number of carbonyl (C=O) groups is 1. The van der Waals surface area contributed by atoms with Gasteiger partial charge in [-0.3, -0.25) is 4.79 Å². The monoisotopic (exact) mass is 429 g/mol. The lowest BCUT2D eigenvalue weighted by atomic mass is 10.0. The van der Waals surface area contributed by atoms with Crippen LogP contribution in [0.15, 0.2) is 24.3 Å². The van der Waals surface area contributed by atoms with Crippen molar-refractivity contribution in [3.8, 4) is 0 Å². The first kappa shape index (κ1) is 27.7. The number of rotatable bonds is 20. The summed E-state index contributed by atoms with van der Waals surface area (Å²) in [6.07, 6.45) is 22.1. The van der Waals surface area contributed by atoms with Gasteiger partial charge in [-0.25, -0.2) is 0 Å². The van der Waals surface area contributed by atoms with Crippen LogP contribution < -0.4 is 0 Å². The fourth-order valence-electron chi connectivity index (χ4n) is 4.18. The van der Waals surface area contributed by atoms with Crippen LogP contribution in [0.2, 0.25) is 0 Å². The Labute approximate surface area is 194 Å². The zero-order chi connectivity index (χ0) is 22.6. The van der Waals surface area contributed by atoms with Gasteiger partial charge in [0.15, 0.2) is 0 Å². The Bertz CT molecular complexity index is 536. The van der Waals surface area contributed by atoms with Gasteiger partial charge >= 0.3 is 0 Å². The topological polar surface area (TPSA) is 20.3 Å². The first-order valence-electron chi connectivity index (χ1n) is 13.6. The second kappa shape index (κ2) is 19.4. The SMILES string of the molecule is CCCCCCCCCCCCCCN(CCCC)C(=O)c1ccc(CCCC)cc1. The number of nitrogens with zero attached hydrogens (tertiary/aromatic N) is 1. The quantitative estimate of drug-likeness (QED) is 0.189. The van der Waals surface area contributed by atoms with E-state index in [2.05, 4.69) is 37.8 Å². The first-order chi connectivity index (χ1) is 15.2. The Kier molecular flexibility index (Phi) is 17.3. The molecule has 0 atom stereocenters. The van der Waals surface area contributed by atoms with Crippen molar-refractivity contribution in [3.63, 3.8) is 0 Å². The summed E-state index contributed by atoms with van der Waals surface area (Å²) in [5.74, 6) is 0.221. The average Bonchev–Trinajstić information content (AvgIpc) is 2.80. The molecule has 0 N–H and O–H groups in total. The standard InChI is InChI=1S/C29H51NO/c1-4-7-10-11-12-13-14-15-16-17-18-19-26-30(25-9-6-3)29(31)28-23-21-27(22-24-28)20-8-5-2/h21-24H,4-20,25-26H2,1-3H3. The van der Waals surface area contributed by atoms with E-state index in [9.17, 15) is 4.79 Å². The summed E-state index contributed by atoms with van der Waals surface area (Å²) in [5.41, 5.74) is 2.20. The summed E-state index contributed by atoms with van der Waals surface area (Å²) in [6, 6.07) is 8.36. The molecule has 0 heterocycles. The van der Waals surface area contributed by atoms with Gasteiger partial charge in [0.25, 0.3) is 5.91 Å². The summed E-state index contributed by atoms with van der Waals surface area (Å²) < 4.78 is 0. The predicted octanol–water partition coefficient (Wildman–Crippen LogP) is 8.97. The number of hydrogen-bond acceptors (Lipinski definition) is 1. The van der Waals surface area contributed by atoms with E-state index in [4.69, 9.17) is 0 Å². The largest absolute Gasteiger partial charge is 0.339 e. The molecular formula is C29H51NO. The fraction of sp³-hybridized carbons (Fsp3) is 0.759. The van der Waals surface area contributed by atoms with Crippen molar-refractivity contribution in [2.24, 2.45) is 0 Å². The number of carbonyl (C=O) groups excluding carboxylic acids is 1. The summed E-state index contributed by atoms with van der Waals surface area (Å²) in [6.45, 7) is 8.51. The predicted molar refractivity (Wildman–Crippen MR) is 137 cm³/mol. The van der Waals surface area contributed by atoms with Crippen molar-refractivity contribution in [1.82, 2.24) is 4.90 Å². The van der Waals surface area contributed by atoms with Crippen LogP contribution in [0.3, 0.4) is 0 Å². The Hall–Kier alpha value is -1.31. The normalized spacial score (nSPS) is 11.1. The maximum absolute atomic E-state index is 13.0. The van der Waals surface area contributed by atoms with Crippen molar-refractivity contribution in [1.29, 1.82) is 0 Å². The van der Waals surface area contributed by atoms with Crippen LogP contribution in [-0.2, 0) is 6.42 Å². The molecule has 2 nitrogen and oxygen atoms in total. The molecule has 1 aromatic carbocycles. The van der Waals surface area contributed by atoms with Crippen LogP contribution in [0.5, 0.6) is 0 Å². The number of unbranched alkanes of at least 4 members (excludes halogenated alkanes) is 13. The molecule has 1 amide bonds. The molecule has 1 rings (SSSR count). The molecule has 0 unspecified atom stereocenters. The van der Waals surface area contributed by atoms with Gasteiger partial charge in [0.05, 0.1) is 0 Å². The van der Waals surface area contributed by atoms with E-state index >= 15 is 0 Å². The second-order valence-corrected chi connectivity index (χ2v) is 9.34. The van der Waals surface area contributed by atoms with Crippen molar-refractivity contribution in [3.05, 3.63) is 35.4 Å². The number of amides is 1. The molecule has 0 aromatic heterocycles. The number of benzene rings is 1. The van der Waals surface area contributed by atoms with Gasteiger partial charge in [-0.05, 0) is 43.4 Å². The highest BCUT2D eigenvalue weighted by Gasteiger charge is 2.15. The molecule has 1 aromatic rings. The maximum Gasteiger partial charge on any atom is 0.253 e. The highest BCUT2D eigenvalue weighted by atomic mass is 16.2. The van der Waals surface area contributed by atoms with Gasteiger partial charge in [-0.1, -0.05) is 116 Å². The lowest BCUT2D eigenvalue weighted by Gasteiger charge is -2.23. The molecule has 0 saturated heterocycles. The molecule has 31 heavy (non-hydrogen) atoms. The zero-order valence-corrected chi connectivity index (χ0v) is 21.1. The molecule has 0 aliphatic rings. The highest BCUT2D eigenvalue weighted by Crippen LogP contribution is 2.14. The molecule has 0 fully saturated rings. The molecule has 0 bridgehead atoms. The fourth-order valence-corrected chi connectivity index (χ4v) is 4.18. The Balaban J connectivity index is 2.25.